The lowest BCUT2D eigenvalue weighted by molar-refractivity contribution is -0.159. The molecule has 0 aliphatic heterocycles. The smallest absolute Gasteiger partial charge is 0.302 e. The van der Waals surface area contributed by atoms with E-state index in [-0.39, 0.29) is 40.7 Å². The van der Waals surface area contributed by atoms with Crippen molar-refractivity contribution in [1.82, 2.24) is 0 Å². The first-order valence-electron chi connectivity index (χ1n) is 10.8. The van der Waals surface area contributed by atoms with E-state index in [1.54, 1.807) is 0 Å². The Balaban J connectivity index is 1.64. The highest BCUT2D eigenvalue weighted by molar-refractivity contribution is 5.91. The van der Waals surface area contributed by atoms with Gasteiger partial charge in [0.15, 0.2) is 5.78 Å². The molecule has 4 aliphatic rings. The van der Waals surface area contributed by atoms with Crippen molar-refractivity contribution in [1.29, 1.82) is 0 Å². The summed E-state index contributed by atoms with van der Waals surface area (Å²) in [7, 11) is 0. The van der Waals surface area contributed by atoms with E-state index in [4.69, 9.17) is 4.74 Å². The number of esters is 1. The number of fused-ring (bicyclic) bond motifs is 5. The summed E-state index contributed by atoms with van der Waals surface area (Å²) in [5, 5.41) is 11.3. The number of hydrogen-bond acceptors (Lipinski definition) is 4. The SMILES string of the molecule is CC(=O)O[C@@H](C)[C@@H]1CC[C@@H]2[C@H]3CCC4=CC(=O)CC[C@]4(C)[C@@H]3[C@@H](O)C[C@]21C. The minimum Gasteiger partial charge on any atom is -0.463 e. The zero-order valence-corrected chi connectivity index (χ0v) is 17.2. The number of aliphatic hydroxyl groups is 1. The minimum atomic E-state index is -0.344. The van der Waals surface area contributed by atoms with Gasteiger partial charge in [-0.2, -0.15) is 0 Å². The van der Waals surface area contributed by atoms with Crippen LogP contribution in [0, 0.1) is 34.5 Å². The standard InChI is InChI=1S/C23H34O4/c1-13(27-14(2)24)18-7-8-19-17-6-5-15-11-16(25)9-10-22(15,3)21(17)20(26)12-23(18,19)4/h11,13,17-21,26H,5-10,12H2,1-4H3/t13-,17+,18-,19+,20-,21-,22-,23-/m0/s1. The molecule has 0 aromatic heterocycles. The summed E-state index contributed by atoms with van der Waals surface area (Å²) in [4.78, 5) is 23.4. The molecule has 0 radical (unpaired) electrons. The van der Waals surface area contributed by atoms with Crippen LogP contribution in [0.4, 0.5) is 0 Å². The first-order chi connectivity index (χ1) is 12.7. The van der Waals surface area contributed by atoms with Crippen LogP contribution < -0.4 is 0 Å². The van der Waals surface area contributed by atoms with E-state index >= 15 is 0 Å². The van der Waals surface area contributed by atoms with Gasteiger partial charge in [0.25, 0.3) is 0 Å². The molecule has 0 unspecified atom stereocenters. The maximum Gasteiger partial charge on any atom is 0.302 e. The van der Waals surface area contributed by atoms with Gasteiger partial charge < -0.3 is 9.84 Å². The van der Waals surface area contributed by atoms with Gasteiger partial charge in [-0.25, -0.2) is 0 Å². The van der Waals surface area contributed by atoms with Gasteiger partial charge in [-0.1, -0.05) is 19.4 Å². The van der Waals surface area contributed by atoms with E-state index < -0.39 is 0 Å². The Morgan fingerprint density at radius 2 is 2.00 bits per heavy atom. The molecule has 27 heavy (non-hydrogen) atoms. The van der Waals surface area contributed by atoms with Crippen LogP contribution in [0.5, 0.6) is 0 Å². The molecule has 8 atom stereocenters. The quantitative estimate of drug-likeness (QED) is 0.741. The van der Waals surface area contributed by atoms with Crippen molar-refractivity contribution in [3.05, 3.63) is 11.6 Å². The van der Waals surface area contributed by atoms with E-state index in [0.717, 1.165) is 38.5 Å². The normalized spacial score (nSPS) is 47.4. The molecule has 0 heterocycles. The maximum atomic E-state index is 12.0. The molecule has 3 fully saturated rings. The third-order valence-corrected chi connectivity index (χ3v) is 8.89. The average molecular weight is 375 g/mol. The Labute approximate surface area is 162 Å². The number of carbonyl (C=O) groups excluding carboxylic acids is 2. The summed E-state index contributed by atoms with van der Waals surface area (Å²) in [5.74, 6) is 1.70. The van der Waals surface area contributed by atoms with Gasteiger partial charge in [0, 0.05) is 19.3 Å². The Kier molecular flexibility index (Phi) is 4.57. The van der Waals surface area contributed by atoms with Crippen LogP contribution >= 0.6 is 0 Å². The molecule has 1 N–H and O–H groups in total. The number of ether oxygens (including phenoxy) is 1. The van der Waals surface area contributed by atoms with Gasteiger partial charge in [-0.05, 0) is 80.1 Å². The van der Waals surface area contributed by atoms with Crippen LogP contribution in [-0.2, 0) is 14.3 Å². The molecule has 0 amide bonds. The Morgan fingerprint density at radius 3 is 2.70 bits per heavy atom. The fourth-order valence-electron chi connectivity index (χ4n) is 7.84. The number of allylic oxidation sites excluding steroid dienone is 1. The zero-order valence-electron chi connectivity index (χ0n) is 17.2. The molecule has 0 spiro atoms. The highest BCUT2D eigenvalue weighted by Gasteiger charge is 2.62. The van der Waals surface area contributed by atoms with Gasteiger partial charge in [0.2, 0.25) is 0 Å². The van der Waals surface area contributed by atoms with E-state index in [1.807, 2.05) is 13.0 Å². The first-order valence-corrected chi connectivity index (χ1v) is 10.8. The fourth-order valence-corrected chi connectivity index (χ4v) is 7.84. The lowest BCUT2D eigenvalue weighted by Gasteiger charge is -2.60. The second-order valence-corrected chi connectivity index (χ2v) is 10.2. The van der Waals surface area contributed by atoms with Crippen LogP contribution in [0.1, 0.15) is 72.6 Å². The second-order valence-electron chi connectivity index (χ2n) is 10.2. The Bertz CT molecular complexity index is 682. The molecule has 4 aliphatic carbocycles. The van der Waals surface area contributed by atoms with Crippen molar-refractivity contribution in [2.24, 2.45) is 34.5 Å². The van der Waals surface area contributed by atoms with Gasteiger partial charge in [0.1, 0.15) is 6.10 Å². The minimum absolute atomic E-state index is 0.0253. The Morgan fingerprint density at radius 1 is 1.26 bits per heavy atom. The van der Waals surface area contributed by atoms with Crippen LogP contribution in [0.2, 0.25) is 0 Å². The van der Waals surface area contributed by atoms with Crippen molar-refractivity contribution >= 4 is 11.8 Å². The molecule has 4 heteroatoms. The largest absolute Gasteiger partial charge is 0.463 e. The average Bonchev–Trinajstić information content (AvgIpc) is 2.91. The van der Waals surface area contributed by atoms with Crippen molar-refractivity contribution in [2.75, 3.05) is 0 Å². The third-order valence-electron chi connectivity index (χ3n) is 8.89. The number of carbonyl (C=O) groups is 2. The molecule has 3 saturated carbocycles. The van der Waals surface area contributed by atoms with Crippen molar-refractivity contribution in [3.8, 4) is 0 Å². The molecule has 0 aromatic rings. The van der Waals surface area contributed by atoms with Crippen LogP contribution in [0.3, 0.4) is 0 Å². The number of rotatable bonds is 2. The monoisotopic (exact) mass is 374 g/mol. The number of ketones is 1. The molecule has 150 valence electrons. The van der Waals surface area contributed by atoms with E-state index in [9.17, 15) is 14.7 Å². The molecule has 0 bridgehead atoms. The highest BCUT2D eigenvalue weighted by atomic mass is 16.5. The number of aliphatic hydroxyl groups excluding tert-OH is 1. The summed E-state index contributed by atoms with van der Waals surface area (Å²) >= 11 is 0. The second kappa shape index (κ2) is 6.43. The zero-order chi connectivity index (χ0) is 19.6. The molecule has 4 rings (SSSR count). The van der Waals surface area contributed by atoms with Crippen LogP contribution in [0.25, 0.3) is 0 Å². The van der Waals surface area contributed by atoms with Gasteiger partial charge in [0.05, 0.1) is 6.10 Å². The van der Waals surface area contributed by atoms with Crippen LogP contribution in [0.15, 0.2) is 11.6 Å². The van der Waals surface area contributed by atoms with E-state index in [1.165, 1.54) is 12.5 Å². The summed E-state index contributed by atoms with van der Waals surface area (Å²) in [6.07, 6.45) is 8.03. The summed E-state index contributed by atoms with van der Waals surface area (Å²) in [6, 6.07) is 0. The first kappa shape index (κ1) is 19.2. The van der Waals surface area contributed by atoms with Gasteiger partial charge in [-0.15, -0.1) is 0 Å². The summed E-state index contributed by atoms with van der Waals surface area (Å²) in [5.41, 5.74) is 1.28. The van der Waals surface area contributed by atoms with Crippen molar-refractivity contribution in [2.45, 2.75) is 84.8 Å². The third kappa shape index (κ3) is 2.82. The summed E-state index contributed by atoms with van der Waals surface area (Å²) < 4.78 is 5.57. The summed E-state index contributed by atoms with van der Waals surface area (Å²) in [6.45, 7) is 8.12. The van der Waals surface area contributed by atoms with Gasteiger partial charge in [-0.3, -0.25) is 9.59 Å². The maximum absolute atomic E-state index is 12.0. The molecule has 4 nitrogen and oxygen atoms in total. The molecule has 0 aromatic carbocycles. The van der Waals surface area contributed by atoms with Crippen molar-refractivity contribution < 1.29 is 19.4 Å². The van der Waals surface area contributed by atoms with E-state index in [2.05, 4.69) is 13.8 Å². The fraction of sp³-hybridized carbons (Fsp3) is 0.826. The molecular weight excluding hydrogens is 340 g/mol. The predicted molar refractivity (Wildman–Crippen MR) is 103 cm³/mol. The van der Waals surface area contributed by atoms with E-state index in [0.29, 0.717) is 24.2 Å². The molecule has 0 saturated heterocycles. The van der Waals surface area contributed by atoms with Crippen molar-refractivity contribution in [3.63, 3.8) is 0 Å². The predicted octanol–water partition coefficient (Wildman–Crippen LogP) is 4.06. The van der Waals surface area contributed by atoms with Gasteiger partial charge >= 0.3 is 5.97 Å². The lowest BCUT2D eigenvalue weighted by atomic mass is 9.46. The highest BCUT2D eigenvalue weighted by Crippen LogP contribution is 2.67. The lowest BCUT2D eigenvalue weighted by Crippen LogP contribution is -2.57. The number of hydrogen-bond donors (Lipinski definition) is 1. The topological polar surface area (TPSA) is 63.6 Å². The Hall–Kier alpha value is -1.16. The molecular formula is C23H34O4. The van der Waals surface area contributed by atoms with Crippen LogP contribution in [-0.4, -0.2) is 29.1 Å².